The van der Waals surface area contributed by atoms with Crippen LogP contribution < -0.4 is 0 Å². The van der Waals surface area contributed by atoms with Crippen molar-refractivity contribution in [3.63, 3.8) is 0 Å². The van der Waals surface area contributed by atoms with Crippen molar-refractivity contribution in [1.82, 2.24) is 0 Å². The summed E-state index contributed by atoms with van der Waals surface area (Å²) in [6.45, 7) is 1.73. The van der Waals surface area contributed by atoms with Crippen molar-refractivity contribution in [3.8, 4) is 0 Å². The maximum Gasteiger partial charge on any atom is 0.302 e. The quantitative estimate of drug-likeness (QED) is 0.551. The number of rotatable bonds is 5. The number of esters is 2. The van der Waals surface area contributed by atoms with E-state index in [9.17, 15) is 9.59 Å². The lowest BCUT2D eigenvalue weighted by Crippen LogP contribution is -2.35. The molecule has 6 heteroatoms. The zero-order valence-electron chi connectivity index (χ0n) is 8.10. The Bertz CT molecular complexity index is 180. The van der Waals surface area contributed by atoms with Gasteiger partial charge in [-0.3, -0.25) is 9.59 Å². The van der Waals surface area contributed by atoms with Crippen molar-refractivity contribution in [2.45, 2.75) is 26.1 Å². The molecule has 6 nitrogen and oxygen atoms in total. The van der Waals surface area contributed by atoms with Crippen molar-refractivity contribution in [3.05, 3.63) is 0 Å². The number of aliphatic hydroxyl groups is 2. The zero-order chi connectivity index (χ0) is 11.1. The molecule has 0 aromatic heterocycles. The molecule has 0 bridgehead atoms. The largest absolute Gasteiger partial charge is 0.463 e. The van der Waals surface area contributed by atoms with Crippen LogP contribution in [0.5, 0.6) is 0 Å². The molecule has 0 radical (unpaired) electrons. The number of ether oxygens (including phenoxy) is 2. The van der Waals surface area contributed by atoms with E-state index in [1.807, 2.05) is 0 Å². The Morgan fingerprint density at radius 1 is 1.00 bits per heavy atom. The molecule has 0 heterocycles. The molecule has 0 aromatic carbocycles. The van der Waals surface area contributed by atoms with Gasteiger partial charge in [-0.15, -0.1) is 0 Å². The molecular weight excluding hydrogens is 192 g/mol. The summed E-state index contributed by atoms with van der Waals surface area (Å²) in [6.07, 6.45) is -2.50. The lowest BCUT2D eigenvalue weighted by Gasteiger charge is -2.16. The Balaban J connectivity index is 3.69. The number of aliphatic hydroxyl groups excluding tert-OH is 2. The summed E-state index contributed by atoms with van der Waals surface area (Å²) in [5.74, 6) is -1.10. The van der Waals surface area contributed by atoms with Crippen molar-refractivity contribution < 1.29 is 29.3 Å². The van der Waals surface area contributed by atoms with E-state index in [4.69, 9.17) is 10.2 Å². The van der Waals surface area contributed by atoms with Gasteiger partial charge in [-0.2, -0.15) is 0 Å². The lowest BCUT2D eigenvalue weighted by atomic mass is 10.2. The summed E-state index contributed by atoms with van der Waals surface area (Å²) in [4.78, 5) is 20.7. The minimum absolute atomic E-state index is 0.322. The molecule has 0 aliphatic rings. The topological polar surface area (TPSA) is 93.1 Å². The molecular formula is C8H14O6. The van der Waals surface area contributed by atoms with Gasteiger partial charge >= 0.3 is 11.9 Å². The fourth-order valence-corrected chi connectivity index (χ4v) is 0.628. The van der Waals surface area contributed by atoms with E-state index < -0.39 is 24.1 Å². The highest BCUT2D eigenvalue weighted by molar-refractivity contribution is 5.66. The summed E-state index contributed by atoms with van der Waals surface area (Å²) in [6, 6.07) is 0. The van der Waals surface area contributed by atoms with E-state index in [1.54, 1.807) is 0 Å². The molecule has 0 aliphatic heterocycles. The van der Waals surface area contributed by atoms with Crippen molar-refractivity contribution in [2.75, 3.05) is 13.2 Å². The van der Waals surface area contributed by atoms with E-state index in [0.717, 1.165) is 0 Å². The fourth-order valence-electron chi connectivity index (χ4n) is 0.628. The third-order valence-corrected chi connectivity index (χ3v) is 1.36. The minimum Gasteiger partial charge on any atom is -0.463 e. The van der Waals surface area contributed by atoms with Crippen LogP contribution in [0, 0.1) is 0 Å². The smallest absolute Gasteiger partial charge is 0.302 e. The Labute approximate surface area is 81.4 Å². The molecule has 0 saturated carbocycles. The van der Waals surface area contributed by atoms with Crippen LogP contribution >= 0.6 is 0 Å². The minimum atomic E-state index is -1.25. The van der Waals surface area contributed by atoms with Gasteiger partial charge in [0.05, 0.1) is 0 Å². The Hall–Kier alpha value is -1.14. The van der Waals surface area contributed by atoms with E-state index in [0.29, 0.717) is 0 Å². The predicted octanol–water partition coefficient (Wildman–Crippen LogP) is -1.17. The first-order chi connectivity index (χ1) is 6.43. The fraction of sp³-hybridized carbons (Fsp3) is 0.750. The van der Waals surface area contributed by atoms with Gasteiger partial charge in [0.15, 0.2) is 0 Å². The van der Waals surface area contributed by atoms with Gasteiger partial charge < -0.3 is 19.7 Å². The number of hydrogen-bond donors (Lipinski definition) is 2. The molecule has 0 saturated heterocycles. The van der Waals surface area contributed by atoms with E-state index >= 15 is 0 Å². The molecule has 0 spiro atoms. The first kappa shape index (κ1) is 12.9. The average molecular weight is 206 g/mol. The van der Waals surface area contributed by atoms with Crippen LogP contribution in [-0.4, -0.2) is 47.6 Å². The Morgan fingerprint density at radius 3 is 1.50 bits per heavy atom. The van der Waals surface area contributed by atoms with Crippen molar-refractivity contribution in [1.29, 1.82) is 0 Å². The van der Waals surface area contributed by atoms with Crippen LogP contribution in [0.25, 0.3) is 0 Å². The molecule has 0 aromatic rings. The predicted molar refractivity (Wildman–Crippen MR) is 45.3 cm³/mol. The highest BCUT2D eigenvalue weighted by Crippen LogP contribution is 1.96. The summed E-state index contributed by atoms with van der Waals surface area (Å²) >= 11 is 0. The van der Waals surface area contributed by atoms with Crippen molar-refractivity contribution in [2.24, 2.45) is 0 Å². The summed E-state index contributed by atoms with van der Waals surface area (Å²) < 4.78 is 8.88. The zero-order valence-corrected chi connectivity index (χ0v) is 8.10. The third kappa shape index (κ3) is 6.38. The van der Waals surface area contributed by atoms with Gasteiger partial charge in [-0.25, -0.2) is 0 Å². The van der Waals surface area contributed by atoms with Crippen LogP contribution in [-0.2, 0) is 19.1 Å². The highest BCUT2D eigenvalue weighted by atomic mass is 16.6. The molecule has 0 unspecified atom stereocenters. The molecule has 2 N–H and O–H groups in total. The Morgan fingerprint density at radius 2 is 1.29 bits per heavy atom. The third-order valence-electron chi connectivity index (χ3n) is 1.36. The van der Waals surface area contributed by atoms with E-state index in [-0.39, 0.29) is 13.2 Å². The summed E-state index contributed by atoms with van der Waals surface area (Å²) in [5.41, 5.74) is 0. The van der Waals surface area contributed by atoms with Gasteiger partial charge in [0.2, 0.25) is 0 Å². The molecule has 0 aliphatic carbocycles. The molecule has 2 atom stereocenters. The standard InChI is InChI=1S/C8H14O6/c1-5(9)13-3-7(11)8(12)4-14-6(2)10/h7-8,11-12H,3-4H2,1-2H3/t7-,8+. The second kappa shape index (κ2) is 6.33. The van der Waals surface area contributed by atoms with Crippen LogP contribution in [0.15, 0.2) is 0 Å². The van der Waals surface area contributed by atoms with Crippen LogP contribution in [0.4, 0.5) is 0 Å². The van der Waals surface area contributed by atoms with Crippen LogP contribution in [0.3, 0.4) is 0 Å². The van der Waals surface area contributed by atoms with Crippen molar-refractivity contribution >= 4 is 11.9 Å². The summed E-state index contributed by atoms with van der Waals surface area (Å²) in [5, 5.41) is 18.3. The molecule has 0 fully saturated rings. The highest BCUT2D eigenvalue weighted by Gasteiger charge is 2.18. The number of carbonyl (C=O) groups is 2. The van der Waals surface area contributed by atoms with Gasteiger partial charge in [0.25, 0.3) is 0 Å². The lowest BCUT2D eigenvalue weighted by molar-refractivity contribution is -0.153. The number of hydrogen-bond acceptors (Lipinski definition) is 6. The van der Waals surface area contributed by atoms with Gasteiger partial charge in [0, 0.05) is 13.8 Å². The van der Waals surface area contributed by atoms with E-state index in [2.05, 4.69) is 9.47 Å². The molecule has 82 valence electrons. The molecule has 0 rings (SSSR count). The van der Waals surface area contributed by atoms with E-state index in [1.165, 1.54) is 13.8 Å². The Kier molecular flexibility index (Phi) is 5.82. The second-order valence-electron chi connectivity index (χ2n) is 2.74. The molecule has 0 amide bonds. The average Bonchev–Trinajstić information content (AvgIpc) is 2.09. The number of carbonyl (C=O) groups excluding carboxylic acids is 2. The van der Waals surface area contributed by atoms with Crippen LogP contribution in [0.1, 0.15) is 13.8 Å². The molecule has 14 heavy (non-hydrogen) atoms. The maximum atomic E-state index is 10.3. The van der Waals surface area contributed by atoms with Gasteiger partial charge in [-0.1, -0.05) is 0 Å². The van der Waals surface area contributed by atoms with Crippen LogP contribution in [0.2, 0.25) is 0 Å². The first-order valence-electron chi connectivity index (χ1n) is 4.06. The van der Waals surface area contributed by atoms with Gasteiger partial charge in [-0.05, 0) is 0 Å². The maximum absolute atomic E-state index is 10.3. The monoisotopic (exact) mass is 206 g/mol. The summed E-state index contributed by atoms with van der Waals surface area (Å²) in [7, 11) is 0. The second-order valence-corrected chi connectivity index (χ2v) is 2.74. The normalized spacial score (nSPS) is 14.3. The first-order valence-corrected chi connectivity index (χ1v) is 4.06. The SMILES string of the molecule is CC(=O)OC[C@@H](O)[C@@H](O)COC(C)=O. The van der Waals surface area contributed by atoms with Gasteiger partial charge in [0.1, 0.15) is 25.4 Å².